The maximum Gasteiger partial charge on any atom is 0.315 e. The highest BCUT2D eigenvalue weighted by Gasteiger charge is 2.25. The molecule has 0 aromatic heterocycles. The third kappa shape index (κ3) is 3.88. The monoisotopic (exact) mass is 230 g/mol. The molecule has 92 valence electrons. The molecular formula is C10H18N2O4. The number of hydrogen-bond donors (Lipinski definition) is 2. The van der Waals surface area contributed by atoms with Gasteiger partial charge in [0.2, 0.25) is 11.8 Å². The first kappa shape index (κ1) is 14.4. The summed E-state index contributed by atoms with van der Waals surface area (Å²) in [6, 6.07) is 0. The molecule has 0 fully saturated rings. The molecule has 0 saturated heterocycles. The van der Waals surface area contributed by atoms with Crippen LogP contribution in [-0.4, -0.2) is 48.4 Å². The minimum Gasteiger partial charge on any atom is -0.481 e. The van der Waals surface area contributed by atoms with E-state index in [1.54, 1.807) is 6.92 Å². The molecule has 0 aromatic rings. The van der Waals surface area contributed by atoms with Gasteiger partial charge in [0.1, 0.15) is 5.92 Å². The highest BCUT2D eigenvalue weighted by Crippen LogP contribution is 2.04. The zero-order chi connectivity index (χ0) is 12.9. The Labute approximate surface area is 94.6 Å². The summed E-state index contributed by atoms with van der Waals surface area (Å²) >= 11 is 0. The van der Waals surface area contributed by atoms with Crippen LogP contribution in [0.5, 0.6) is 0 Å². The molecule has 0 radical (unpaired) electrons. The van der Waals surface area contributed by atoms with Gasteiger partial charge in [0.25, 0.3) is 0 Å². The molecule has 2 unspecified atom stereocenters. The minimum atomic E-state index is -1.16. The summed E-state index contributed by atoms with van der Waals surface area (Å²) in [5, 5.41) is 11.1. The van der Waals surface area contributed by atoms with Gasteiger partial charge in [-0.1, -0.05) is 6.92 Å². The van der Waals surface area contributed by atoms with E-state index >= 15 is 0 Å². The SMILES string of the molecule is CNC(=O)C(C)CN(C)C(=O)C(C)C(=O)O. The second-order valence-electron chi connectivity index (χ2n) is 3.79. The van der Waals surface area contributed by atoms with Gasteiger partial charge in [-0.2, -0.15) is 0 Å². The van der Waals surface area contributed by atoms with Crippen molar-refractivity contribution in [3.8, 4) is 0 Å². The van der Waals surface area contributed by atoms with Crippen molar-refractivity contribution in [1.29, 1.82) is 0 Å². The lowest BCUT2D eigenvalue weighted by atomic mass is 10.1. The molecule has 0 aromatic carbocycles. The van der Waals surface area contributed by atoms with Crippen molar-refractivity contribution in [3.05, 3.63) is 0 Å². The lowest BCUT2D eigenvalue weighted by Crippen LogP contribution is -2.41. The number of aliphatic carboxylic acids is 1. The fourth-order valence-electron chi connectivity index (χ4n) is 1.27. The van der Waals surface area contributed by atoms with E-state index in [4.69, 9.17) is 5.11 Å². The molecule has 0 aliphatic heterocycles. The summed E-state index contributed by atoms with van der Waals surface area (Å²) in [5.41, 5.74) is 0. The first-order valence-electron chi connectivity index (χ1n) is 5.00. The summed E-state index contributed by atoms with van der Waals surface area (Å²) in [6.07, 6.45) is 0. The Hall–Kier alpha value is -1.59. The van der Waals surface area contributed by atoms with E-state index in [0.717, 1.165) is 0 Å². The van der Waals surface area contributed by atoms with Crippen molar-refractivity contribution in [2.45, 2.75) is 13.8 Å². The van der Waals surface area contributed by atoms with Crippen LogP contribution in [-0.2, 0) is 14.4 Å². The van der Waals surface area contributed by atoms with Crippen molar-refractivity contribution in [3.63, 3.8) is 0 Å². The lowest BCUT2D eigenvalue weighted by Gasteiger charge is -2.22. The normalized spacial score (nSPS) is 13.8. The van der Waals surface area contributed by atoms with E-state index in [2.05, 4.69) is 5.32 Å². The first-order valence-corrected chi connectivity index (χ1v) is 5.00. The zero-order valence-corrected chi connectivity index (χ0v) is 9.98. The number of carboxylic acid groups (broad SMARTS) is 1. The van der Waals surface area contributed by atoms with Gasteiger partial charge in [0.05, 0.1) is 5.92 Å². The molecule has 0 aliphatic rings. The molecule has 0 saturated carbocycles. The number of amides is 2. The molecule has 0 spiro atoms. The Kier molecular flexibility index (Phi) is 5.49. The number of rotatable bonds is 5. The molecule has 16 heavy (non-hydrogen) atoms. The smallest absolute Gasteiger partial charge is 0.315 e. The van der Waals surface area contributed by atoms with Gasteiger partial charge in [0.15, 0.2) is 0 Å². The molecule has 2 amide bonds. The van der Waals surface area contributed by atoms with Gasteiger partial charge in [0, 0.05) is 20.6 Å². The maximum atomic E-state index is 11.5. The van der Waals surface area contributed by atoms with E-state index in [1.807, 2.05) is 0 Å². The number of carbonyl (C=O) groups excluding carboxylic acids is 2. The fraction of sp³-hybridized carbons (Fsp3) is 0.700. The Bertz CT molecular complexity index is 291. The largest absolute Gasteiger partial charge is 0.481 e. The number of carbonyl (C=O) groups is 3. The highest BCUT2D eigenvalue weighted by molar-refractivity contribution is 5.96. The van der Waals surface area contributed by atoms with Gasteiger partial charge in [-0.05, 0) is 6.92 Å². The quantitative estimate of drug-likeness (QED) is 0.626. The molecule has 0 rings (SSSR count). The van der Waals surface area contributed by atoms with Crippen LogP contribution in [0.4, 0.5) is 0 Å². The number of carboxylic acids is 1. The summed E-state index contributed by atoms with van der Waals surface area (Å²) in [4.78, 5) is 34.6. The predicted octanol–water partition coefficient (Wildman–Crippen LogP) is -0.452. The topological polar surface area (TPSA) is 86.7 Å². The molecule has 6 heteroatoms. The molecular weight excluding hydrogens is 212 g/mol. The average molecular weight is 230 g/mol. The molecule has 0 aliphatic carbocycles. The molecule has 6 nitrogen and oxygen atoms in total. The van der Waals surface area contributed by atoms with Gasteiger partial charge < -0.3 is 15.3 Å². The van der Waals surface area contributed by atoms with Crippen LogP contribution in [0.1, 0.15) is 13.8 Å². The van der Waals surface area contributed by atoms with Crippen molar-refractivity contribution < 1.29 is 19.5 Å². The van der Waals surface area contributed by atoms with E-state index in [9.17, 15) is 14.4 Å². The van der Waals surface area contributed by atoms with Crippen LogP contribution >= 0.6 is 0 Å². The van der Waals surface area contributed by atoms with Crippen molar-refractivity contribution in [2.24, 2.45) is 11.8 Å². The summed E-state index contributed by atoms with van der Waals surface area (Å²) in [7, 11) is 3.00. The third-order valence-electron chi connectivity index (χ3n) is 2.36. The number of nitrogens with zero attached hydrogens (tertiary/aromatic N) is 1. The van der Waals surface area contributed by atoms with E-state index in [1.165, 1.54) is 25.9 Å². The Morgan fingerprint density at radius 1 is 1.31 bits per heavy atom. The highest BCUT2D eigenvalue weighted by atomic mass is 16.4. The molecule has 0 bridgehead atoms. The van der Waals surface area contributed by atoms with Crippen molar-refractivity contribution in [1.82, 2.24) is 10.2 Å². The minimum absolute atomic E-state index is 0.178. The van der Waals surface area contributed by atoms with E-state index in [-0.39, 0.29) is 18.4 Å². The third-order valence-corrected chi connectivity index (χ3v) is 2.36. The summed E-state index contributed by atoms with van der Waals surface area (Å²) < 4.78 is 0. The van der Waals surface area contributed by atoms with Gasteiger partial charge in [-0.3, -0.25) is 14.4 Å². The van der Waals surface area contributed by atoms with Crippen LogP contribution in [0, 0.1) is 11.8 Å². The molecule has 0 heterocycles. The van der Waals surface area contributed by atoms with Gasteiger partial charge >= 0.3 is 5.97 Å². The Morgan fingerprint density at radius 2 is 1.81 bits per heavy atom. The summed E-state index contributed by atoms with van der Waals surface area (Å²) in [6.45, 7) is 3.20. The van der Waals surface area contributed by atoms with Crippen LogP contribution in [0.25, 0.3) is 0 Å². The maximum absolute atomic E-state index is 11.5. The molecule has 2 atom stereocenters. The van der Waals surface area contributed by atoms with Crippen LogP contribution < -0.4 is 5.32 Å². The van der Waals surface area contributed by atoms with Crippen LogP contribution in [0.15, 0.2) is 0 Å². The van der Waals surface area contributed by atoms with Crippen LogP contribution in [0.2, 0.25) is 0 Å². The Balaban J connectivity index is 4.36. The fourth-order valence-corrected chi connectivity index (χ4v) is 1.27. The van der Waals surface area contributed by atoms with Crippen LogP contribution in [0.3, 0.4) is 0 Å². The number of nitrogens with one attached hydrogen (secondary N) is 1. The van der Waals surface area contributed by atoms with Crippen molar-refractivity contribution in [2.75, 3.05) is 20.6 Å². The summed E-state index contributed by atoms with van der Waals surface area (Å²) in [5.74, 6) is -3.28. The first-order chi connectivity index (χ1) is 7.31. The number of hydrogen-bond acceptors (Lipinski definition) is 3. The van der Waals surface area contributed by atoms with E-state index in [0.29, 0.717) is 0 Å². The van der Waals surface area contributed by atoms with Gasteiger partial charge in [-0.15, -0.1) is 0 Å². The molecule has 2 N–H and O–H groups in total. The average Bonchev–Trinajstić information content (AvgIpc) is 2.25. The van der Waals surface area contributed by atoms with E-state index < -0.39 is 17.8 Å². The lowest BCUT2D eigenvalue weighted by molar-refractivity contribution is -0.149. The standard InChI is InChI=1S/C10H18N2O4/c1-6(8(13)11-3)5-12(4)9(14)7(2)10(15)16/h6-7H,5H2,1-4H3,(H,11,13)(H,15,16). The predicted molar refractivity (Wildman–Crippen MR) is 57.7 cm³/mol. The second kappa shape index (κ2) is 6.09. The second-order valence-corrected chi connectivity index (χ2v) is 3.79. The Morgan fingerprint density at radius 3 is 2.19 bits per heavy atom. The van der Waals surface area contributed by atoms with Gasteiger partial charge in [-0.25, -0.2) is 0 Å². The zero-order valence-electron chi connectivity index (χ0n) is 9.98. The van der Waals surface area contributed by atoms with Crippen molar-refractivity contribution >= 4 is 17.8 Å².